The molecule has 0 aliphatic carbocycles. The van der Waals surface area contributed by atoms with E-state index in [0.29, 0.717) is 5.56 Å². The Hall–Kier alpha value is -2.32. The van der Waals surface area contributed by atoms with E-state index < -0.39 is 15.8 Å². The number of amides is 1. The SMILES string of the molecule is O=C(Cc1ccc(F)cc1)N1CCN(S(=O)(=O)c2ccccc2F)CC1. The first kappa shape index (κ1) is 18.5. The molecule has 138 valence electrons. The van der Waals surface area contributed by atoms with Crippen molar-refractivity contribution in [3.63, 3.8) is 0 Å². The highest BCUT2D eigenvalue weighted by molar-refractivity contribution is 7.89. The van der Waals surface area contributed by atoms with Crippen molar-refractivity contribution in [3.8, 4) is 0 Å². The number of nitrogens with zero attached hydrogens (tertiary/aromatic N) is 2. The van der Waals surface area contributed by atoms with E-state index in [1.807, 2.05) is 0 Å². The molecule has 0 atom stereocenters. The third kappa shape index (κ3) is 3.91. The summed E-state index contributed by atoms with van der Waals surface area (Å²) < 4.78 is 53.0. The van der Waals surface area contributed by atoms with Crippen molar-refractivity contribution in [1.82, 2.24) is 9.21 Å². The van der Waals surface area contributed by atoms with Crippen LogP contribution in [-0.2, 0) is 21.2 Å². The lowest BCUT2D eigenvalue weighted by molar-refractivity contribution is -0.131. The van der Waals surface area contributed by atoms with E-state index in [2.05, 4.69) is 0 Å². The molecule has 0 bridgehead atoms. The highest BCUT2D eigenvalue weighted by Gasteiger charge is 2.31. The van der Waals surface area contributed by atoms with Crippen molar-refractivity contribution in [2.24, 2.45) is 0 Å². The maximum Gasteiger partial charge on any atom is 0.246 e. The molecule has 8 heteroatoms. The first-order valence-electron chi connectivity index (χ1n) is 8.15. The zero-order chi connectivity index (χ0) is 18.7. The number of halogens is 2. The van der Waals surface area contributed by atoms with E-state index in [-0.39, 0.29) is 49.2 Å². The molecule has 1 aliphatic rings. The van der Waals surface area contributed by atoms with Crippen LogP contribution >= 0.6 is 0 Å². The predicted molar refractivity (Wildman–Crippen MR) is 91.8 cm³/mol. The van der Waals surface area contributed by atoms with Crippen molar-refractivity contribution in [3.05, 3.63) is 65.7 Å². The van der Waals surface area contributed by atoms with Crippen LogP contribution in [0.5, 0.6) is 0 Å². The molecule has 5 nitrogen and oxygen atoms in total. The summed E-state index contributed by atoms with van der Waals surface area (Å²) in [5.74, 6) is -1.31. The maximum absolute atomic E-state index is 13.8. The van der Waals surface area contributed by atoms with E-state index in [9.17, 15) is 22.0 Å². The Morgan fingerprint density at radius 3 is 2.15 bits per heavy atom. The minimum atomic E-state index is -3.93. The summed E-state index contributed by atoms with van der Waals surface area (Å²) in [6.45, 7) is 0.666. The molecule has 0 N–H and O–H groups in total. The molecule has 1 amide bonds. The summed E-state index contributed by atoms with van der Waals surface area (Å²) in [4.78, 5) is 13.5. The van der Waals surface area contributed by atoms with E-state index >= 15 is 0 Å². The molecule has 1 aliphatic heterocycles. The number of piperazine rings is 1. The van der Waals surface area contributed by atoms with Gasteiger partial charge in [-0.15, -0.1) is 0 Å². The Morgan fingerprint density at radius 1 is 0.923 bits per heavy atom. The molecular weight excluding hydrogens is 362 g/mol. The molecule has 0 aromatic heterocycles. The van der Waals surface area contributed by atoms with E-state index in [0.717, 1.165) is 6.07 Å². The zero-order valence-corrected chi connectivity index (χ0v) is 14.8. The number of hydrogen-bond donors (Lipinski definition) is 0. The minimum Gasteiger partial charge on any atom is -0.340 e. The molecule has 0 radical (unpaired) electrons. The van der Waals surface area contributed by atoms with Crippen LogP contribution in [0.3, 0.4) is 0 Å². The lowest BCUT2D eigenvalue weighted by Crippen LogP contribution is -2.51. The van der Waals surface area contributed by atoms with Crippen LogP contribution in [0.4, 0.5) is 8.78 Å². The van der Waals surface area contributed by atoms with Gasteiger partial charge in [-0.3, -0.25) is 4.79 Å². The van der Waals surface area contributed by atoms with Gasteiger partial charge in [-0.25, -0.2) is 17.2 Å². The van der Waals surface area contributed by atoms with Gasteiger partial charge >= 0.3 is 0 Å². The van der Waals surface area contributed by atoms with Gasteiger partial charge in [0.05, 0.1) is 6.42 Å². The standard InChI is InChI=1S/C18H18F2N2O3S/c19-15-7-5-14(6-8-15)13-18(23)21-9-11-22(12-10-21)26(24,25)17-4-2-1-3-16(17)20/h1-8H,9-13H2. The Balaban J connectivity index is 1.62. The Morgan fingerprint density at radius 2 is 1.54 bits per heavy atom. The van der Waals surface area contributed by atoms with Crippen molar-refractivity contribution < 1.29 is 22.0 Å². The number of hydrogen-bond acceptors (Lipinski definition) is 3. The molecule has 0 saturated carbocycles. The van der Waals surface area contributed by atoms with E-state index in [4.69, 9.17) is 0 Å². The van der Waals surface area contributed by atoms with Crippen LogP contribution in [0.15, 0.2) is 53.4 Å². The molecule has 0 unspecified atom stereocenters. The molecule has 26 heavy (non-hydrogen) atoms. The average molecular weight is 380 g/mol. The van der Waals surface area contributed by atoms with Crippen LogP contribution in [0, 0.1) is 11.6 Å². The lowest BCUT2D eigenvalue weighted by atomic mass is 10.1. The highest BCUT2D eigenvalue weighted by Crippen LogP contribution is 2.20. The van der Waals surface area contributed by atoms with Crippen molar-refractivity contribution in [2.75, 3.05) is 26.2 Å². The van der Waals surface area contributed by atoms with Crippen LogP contribution in [-0.4, -0.2) is 49.7 Å². The van der Waals surface area contributed by atoms with Crippen LogP contribution in [0.1, 0.15) is 5.56 Å². The van der Waals surface area contributed by atoms with Gasteiger partial charge in [0.15, 0.2) is 0 Å². The number of rotatable bonds is 4. The summed E-state index contributed by atoms with van der Waals surface area (Å²) in [7, 11) is -3.93. The second kappa shape index (κ2) is 7.51. The molecule has 1 heterocycles. The largest absolute Gasteiger partial charge is 0.340 e. The molecule has 1 saturated heterocycles. The summed E-state index contributed by atoms with van der Waals surface area (Å²) in [5, 5.41) is 0. The molecule has 3 rings (SSSR count). The van der Waals surface area contributed by atoms with E-state index in [1.54, 1.807) is 17.0 Å². The molecule has 2 aromatic rings. The van der Waals surface area contributed by atoms with Crippen molar-refractivity contribution in [2.45, 2.75) is 11.3 Å². The van der Waals surface area contributed by atoms with Crippen molar-refractivity contribution in [1.29, 1.82) is 0 Å². The summed E-state index contributed by atoms with van der Waals surface area (Å²) in [5.41, 5.74) is 0.692. The van der Waals surface area contributed by atoms with Gasteiger partial charge in [0.25, 0.3) is 0 Å². The molecule has 1 fully saturated rings. The first-order valence-corrected chi connectivity index (χ1v) is 9.59. The fraction of sp³-hybridized carbons (Fsp3) is 0.278. The monoisotopic (exact) mass is 380 g/mol. The third-order valence-corrected chi connectivity index (χ3v) is 6.25. The van der Waals surface area contributed by atoms with Crippen LogP contribution in [0.2, 0.25) is 0 Å². The highest BCUT2D eigenvalue weighted by atomic mass is 32.2. The number of sulfonamides is 1. The fourth-order valence-corrected chi connectivity index (χ4v) is 4.35. The second-order valence-corrected chi connectivity index (χ2v) is 7.92. The van der Waals surface area contributed by atoms with Gasteiger partial charge in [-0.05, 0) is 29.8 Å². The van der Waals surface area contributed by atoms with Gasteiger partial charge in [0.2, 0.25) is 15.9 Å². The molecule has 0 spiro atoms. The molecular formula is C18H18F2N2O3S. The quantitative estimate of drug-likeness (QED) is 0.816. The topological polar surface area (TPSA) is 57.7 Å². The summed E-state index contributed by atoms with van der Waals surface area (Å²) in [6, 6.07) is 10.9. The van der Waals surface area contributed by atoms with Gasteiger partial charge < -0.3 is 4.90 Å². The smallest absolute Gasteiger partial charge is 0.246 e. The lowest BCUT2D eigenvalue weighted by Gasteiger charge is -2.34. The number of carbonyl (C=O) groups is 1. The Bertz CT molecular complexity index is 893. The van der Waals surface area contributed by atoms with E-state index in [1.165, 1.54) is 34.6 Å². The van der Waals surface area contributed by atoms with Crippen LogP contribution in [0.25, 0.3) is 0 Å². The third-order valence-electron chi connectivity index (χ3n) is 4.31. The molecule has 2 aromatic carbocycles. The zero-order valence-electron chi connectivity index (χ0n) is 13.9. The second-order valence-electron chi connectivity index (χ2n) is 6.02. The van der Waals surface area contributed by atoms with Gasteiger partial charge in [0.1, 0.15) is 16.5 Å². The number of carbonyl (C=O) groups excluding carboxylic acids is 1. The fourth-order valence-electron chi connectivity index (χ4n) is 2.86. The Labute approximate surface area is 150 Å². The predicted octanol–water partition coefficient (Wildman–Crippen LogP) is 2.04. The van der Waals surface area contributed by atoms with Gasteiger partial charge in [-0.2, -0.15) is 4.31 Å². The normalized spacial score (nSPS) is 15.8. The average Bonchev–Trinajstić information content (AvgIpc) is 2.64. The Kier molecular flexibility index (Phi) is 5.33. The van der Waals surface area contributed by atoms with Crippen molar-refractivity contribution >= 4 is 15.9 Å². The summed E-state index contributed by atoms with van der Waals surface area (Å²) >= 11 is 0. The van der Waals surface area contributed by atoms with Gasteiger partial charge in [-0.1, -0.05) is 24.3 Å². The number of benzene rings is 2. The maximum atomic E-state index is 13.8. The minimum absolute atomic E-state index is 0.103. The first-order chi connectivity index (χ1) is 12.4. The van der Waals surface area contributed by atoms with Gasteiger partial charge in [0, 0.05) is 26.2 Å². The van der Waals surface area contributed by atoms with Crippen LogP contribution < -0.4 is 0 Å². The summed E-state index contributed by atoms with van der Waals surface area (Å²) in [6.07, 6.45) is 0.125.